The van der Waals surface area contributed by atoms with Gasteiger partial charge in [0.2, 0.25) is 0 Å². The summed E-state index contributed by atoms with van der Waals surface area (Å²) in [6.07, 6.45) is 60.2. The first-order valence-electron chi connectivity index (χ1n) is 27.9. The molecule has 0 rings (SSSR count). The SMILES string of the molecule is CCCCCCCCC/C=C\C=C/CCCCCC(=O)OCC(COC(=O)CCCCCCCCCCCCCCC)OC(=O)CCCCCCCCCCCCCCCCCC. The Hall–Kier alpha value is -2.11. The Morgan fingerprint density at radius 3 is 0.857 bits per heavy atom. The third-order valence-electron chi connectivity index (χ3n) is 12.5. The van der Waals surface area contributed by atoms with E-state index in [0.717, 1.165) is 70.6 Å². The van der Waals surface area contributed by atoms with Crippen LogP contribution in [0.5, 0.6) is 0 Å². The fourth-order valence-corrected chi connectivity index (χ4v) is 8.26. The second kappa shape index (κ2) is 52.5. The van der Waals surface area contributed by atoms with Crippen molar-refractivity contribution in [1.82, 2.24) is 0 Å². The van der Waals surface area contributed by atoms with Crippen molar-refractivity contribution in [2.75, 3.05) is 13.2 Å². The highest BCUT2D eigenvalue weighted by Crippen LogP contribution is 2.16. The number of hydrogen-bond acceptors (Lipinski definition) is 6. The highest BCUT2D eigenvalue weighted by molar-refractivity contribution is 5.71. The van der Waals surface area contributed by atoms with E-state index >= 15 is 0 Å². The van der Waals surface area contributed by atoms with Crippen molar-refractivity contribution in [2.45, 2.75) is 309 Å². The predicted molar refractivity (Wildman–Crippen MR) is 270 cm³/mol. The maximum Gasteiger partial charge on any atom is 0.306 e. The van der Waals surface area contributed by atoms with Gasteiger partial charge in [0.1, 0.15) is 13.2 Å². The van der Waals surface area contributed by atoms with Crippen LogP contribution >= 0.6 is 0 Å². The molecule has 6 heteroatoms. The molecule has 0 fully saturated rings. The highest BCUT2D eigenvalue weighted by atomic mass is 16.6. The number of carbonyl (C=O) groups is 3. The molecule has 63 heavy (non-hydrogen) atoms. The molecule has 0 aliphatic heterocycles. The van der Waals surface area contributed by atoms with Gasteiger partial charge in [-0.25, -0.2) is 0 Å². The van der Waals surface area contributed by atoms with Gasteiger partial charge in [0.25, 0.3) is 0 Å². The molecule has 0 aromatic carbocycles. The van der Waals surface area contributed by atoms with Gasteiger partial charge in [-0.3, -0.25) is 14.4 Å². The Morgan fingerprint density at radius 1 is 0.317 bits per heavy atom. The lowest BCUT2D eigenvalue weighted by Crippen LogP contribution is -2.30. The first-order chi connectivity index (χ1) is 31.0. The number of unbranched alkanes of at least 4 members (excludes halogenated alkanes) is 37. The standard InChI is InChI=1S/C57H106O6/c1-4-7-10-13-16-19-22-25-27-29-32-35-38-41-44-47-50-56(59)62-53-54(52-61-55(58)49-46-43-40-37-34-31-24-21-18-15-12-9-6-3)63-57(60)51-48-45-42-39-36-33-30-28-26-23-20-17-14-11-8-5-2/h27,29,32,35,54H,4-26,28,30-31,33-34,36-53H2,1-3H3/b29-27-,35-32-. The number of hydrogen-bond donors (Lipinski definition) is 0. The first kappa shape index (κ1) is 60.9. The fourth-order valence-electron chi connectivity index (χ4n) is 8.26. The van der Waals surface area contributed by atoms with E-state index in [1.54, 1.807) is 0 Å². The third-order valence-corrected chi connectivity index (χ3v) is 12.5. The minimum absolute atomic E-state index is 0.0743. The van der Waals surface area contributed by atoms with Crippen LogP contribution < -0.4 is 0 Å². The Labute approximate surface area is 392 Å². The molecule has 0 saturated carbocycles. The van der Waals surface area contributed by atoms with Crippen LogP contribution in [0.3, 0.4) is 0 Å². The van der Waals surface area contributed by atoms with Crippen LogP contribution in [0.1, 0.15) is 303 Å². The molecule has 370 valence electrons. The average molecular weight is 887 g/mol. The van der Waals surface area contributed by atoms with Crippen LogP contribution in [0.15, 0.2) is 24.3 Å². The molecule has 6 nitrogen and oxygen atoms in total. The van der Waals surface area contributed by atoms with Gasteiger partial charge in [-0.2, -0.15) is 0 Å². The number of carbonyl (C=O) groups excluding carboxylic acids is 3. The summed E-state index contributed by atoms with van der Waals surface area (Å²) >= 11 is 0. The van der Waals surface area contributed by atoms with Gasteiger partial charge < -0.3 is 14.2 Å². The number of esters is 3. The lowest BCUT2D eigenvalue weighted by Gasteiger charge is -2.18. The molecule has 0 saturated heterocycles. The summed E-state index contributed by atoms with van der Waals surface area (Å²) in [5, 5.41) is 0. The molecule has 0 aliphatic carbocycles. The van der Waals surface area contributed by atoms with Crippen LogP contribution in [0.25, 0.3) is 0 Å². The van der Waals surface area contributed by atoms with Crippen molar-refractivity contribution in [3.05, 3.63) is 24.3 Å². The van der Waals surface area contributed by atoms with Crippen molar-refractivity contribution in [1.29, 1.82) is 0 Å². The van der Waals surface area contributed by atoms with E-state index in [1.807, 2.05) is 0 Å². The topological polar surface area (TPSA) is 78.9 Å². The summed E-state index contributed by atoms with van der Waals surface area (Å²) in [6.45, 7) is 6.65. The molecule has 0 spiro atoms. The van der Waals surface area contributed by atoms with Gasteiger partial charge in [-0.05, 0) is 44.9 Å². The molecule has 0 heterocycles. The van der Waals surface area contributed by atoms with Crippen LogP contribution in [0.4, 0.5) is 0 Å². The van der Waals surface area contributed by atoms with E-state index < -0.39 is 6.10 Å². The summed E-state index contributed by atoms with van der Waals surface area (Å²) in [5.74, 6) is -0.883. The summed E-state index contributed by atoms with van der Waals surface area (Å²) in [4.78, 5) is 38.0. The summed E-state index contributed by atoms with van der Waals surface area (Å²) in [5.41, 5.74) is 0. The summed E-state index contributed by atoms with van der Waals surface area (Å²) in [6, 6.07) is 0. The zero-order chi connectivity index (χ0) is 45.8. The second-order valence-corrected chi connectivity index (χ2v) is 18.9. The lowest BCUT2D eigenvalue weighted by molar-refractivity contribution is -0.167. The van der Waals surface area contributed by atoms with Crippen LogP contribution in [-0.4, -0.2) is 37.2 Å². The molecule has 0 N–H and O–H groups in total. The van der Waals surface area contributed by atoms with Crippen molar-refractivity contribution in [3.63, 3.8) is 0 Å². The van der Waals surface area contributed by atoms with Crippen LogP contribution in [-0.2, 0) is 28.6 Å². The molecule has 0 radical (unpaired) electrons. The first-order valence-corrected chi connectivity index (χ1v) is 27.9. The van der Waals surface area contributed by atoms with Gasteiger partial charge in [0, 0.05) is 19.3 Å². The van der Waals surface area contributed by atoms with E-state index in [1.165, 1.54) is 193 Å². The van der Waals surface area contributed by atoms with Crippen LogP contribution in [0.2, 0.25) is 0 Å². The maximum absolute atomic E-state index is 12.8. The van der Waals surface area contributed by atoms with Crippen molar-refractivity contribution >= 4 is 17.9 Å². The van der Waals surface area contributed by atoms with Gasteiger partial charge in [-0.15, -0.1) is 0 Å². The van der Waals surface area contributed by atoms with E-state index in [4.69, 9.17) is 14.2 Å². The minimum atomic E-state index is -0.776. The van der Waals surface area contributed by atoms with Gasteiger partial charge in [0.05, 0.1) is 0 Å². The third kappa shape index (κ3) is 50.7. The van der Waals surface area contributed by atoms with Crippen molar-refractivity contribution in [2.24, 2.45) is 0 Å². The maximum atomic E-state index is 12.8. The largest absolute Gasteiger partial charge is 0.462 e. The molecular formula is C57H106O6. The summed E-state index contributed by atoms with van der Waals surface area (Å²) < 4.78 is 16.8. The van der Waals surface area contributed by atoms with Gasteiger partial charge in [0.15, 0.2) is 6.10 Å². The summed E-state index contributed by atoms with van der Waals surface area (Å²) in [7, 11) is 0. The number of rotatable bonds is 51. The van der Waals surface area contributed by atoms with Crippen molar-refractivity contribution in [3.8, 4) is 0 Å². The molecule has 0 bridgehead atoms. The Kier molecular flexibility index (Phi) is 50.8. The molecule has 0 amide bonds. The molecule has 0 aromatic heterocycles. The van der Waals surface area contributed by atoms with Gasteiger partial charge >= 0.3 is 17.9 Å². The quantitative estimate of drug-likeness (QED) is 0.0262. The smallest absolute Gasteiger partial charge is 0.306 e. The highest BCUT2D eigenvalue weighted by Gasteiger charge is 2.19. The van der Waals surface area contributed by atoms with E-state index in [-0.39, 0.29) is 31.1 Å². The Balaban J connectivity index is 4.37. The normalized spacial score (nSPS) is 12.1. The predicted octanol–water partition coefficient (Wildman–Crippen LogP) is 18.3. The minimum Gasteiger partial charge on any atom is -0.462 e. The fraction of sp³-hybridized carbons (Fsp3) is 0.877. The molecule has 1 unspecified atom stereocenters. The molecular weight excluding hydrogens is 781 g/mol. The zero-order valence-corrected chi connectivity index (χ0v) is 42.4. The van der Waals surface area contributed by atoms with Crippen molar-refractivity contribution < 1.29 is 28.6 Å². The second-order valence-electron chi connectivity index (χ2n) is 18.9. The number of allylic oxidation sites excluding steroid dienone is 4. The van der Waals surface area contributed by atoms with E-state index in [2.05, 4.69) is 45.1 Å². The molecule has 1 atom stereocenters. The van der Waals surface area contributed by atoms with E-state index in [9.17, 15) is 14.4 Å². The Bertz CT molecular complexity index is 1020. The average Bonchev–Trinajstić information content (AvgIpc) is 3.28. The monoisotopic (exact) mass is 887 g/mol. The Morgan fingerprint density at radius 2 is 0.556 bits per heavy atom. The molecule has 0 aromatic rings. The number of ether oxygens (including phenoxy) is 3. The van der Waals surface area contributed by atoms with E-state index in [0.29, 0.717) is 19.3 Å². The lowest BCUT2D eigenvalue weighted by atomic mass is 10.0. The molecule has 0 aliphatic rings. The van der Waals surface area contributed by atoms with Crippen LogP contribution in [0, 0.1) is 0 Å². The zero-order valence-electron chi connectivity index (χ0n) is 42.4. The van der Waals surface area contributed by atoms with Gasteiger partial charge in [-0.1, -0.05) is 263 Å².